The number of hydrogen-bond acceptors (Lipinski definition) is 4. The third-order valence-corrected chi connectivity index (χ3v) is 3.76. The van der Waals surface area contributed by atoms with Gasteiger partial charge in [0, 0.05) is 11.1 Å². The topological polar surface area (TPSA) is 82.0 Å². The first-order valence-electron chi connectivity index (χ1n) is 7.25. The summed E-state index contributed by atoms with van der Waals surface area (Å²) < 4.78 is 5.10. The van der Waals surface area contributed by atoms with E-state index in [1.807, 2.05) is 49.4 Å². The first kappa shape index (κ1) is 15.9. The van der Waals surface area contributed by atoms with Crippen molar-refractivity contribution < 1.29 is 9.84 Å². The number of methoxy groups -OCH3 is 1. The van der Waals surface area contributed by atoms with Crippen LogP contribution in [-0.2, 0) is 0 Å². The molecule has 3 N–H and O–H groups in total. The fraction of sp³-hybridized carbons (Fsp3) is 0.118. The number of nitrogens with zero attached hydrogens (tertiary/aromatic N) is 2. The van der Waals surface area contributed by atoms with Crippen molar-refractivity contribution in [1.82, 2.24) is 4.98 Å². The molecule has 0 bridgehead atoms. The number of rotatable bonds is 3. The van der Waals surface area contributed by atoms with Crippen LogP contribution in [-0.4, -0.2) is 22.3 Å². The molecular weight excluding hydrogens is 324 g/mol. The van der Waals surface area contributed by atoms with E-state index in [-0.39, 0.29) is 11.0 Å². The molecule has 1 aromatic heterocycles. The molecule has 3 rings (SSSR count). The molecule has 0 atom stereocenters. The number of hydrogen-bond donors (Lipinski definition) is 3. The third-order valence-electron chi connectivity index (χ3n) is 3.58. The number of thiocarbonyl (C=S) groups is 1. The first-order chi connectivity index (χ1) is 11.6. The van der Waals surface area contributed by atoms with Crippen LogP contribution in [0.5, 0.6) is 11.6 Å². The molecule has 0 aliphatic carbocycles. The Kier molecular flexibility index (Phi) is 4.43. The van der Waals surface area contributed by atoms with Gasteiger partial charge in [0.25, 0.3) is 0 Å². The second kappa shape index (κ2) is 6.67. The molecule has 6 nitrogen and oxygen atoms in total. The lowest BCUT2D eigenvalue weighted by Gasteiger charge is -2.04. The summed E-state index contributed by atoms with van der Waals surface area (Å²) in [6, 6.07) is 13.0. The van der Waals surface area contributed by atoms with E-state index in [0.717, 1.165) is 27.9 Å². The second-order valence-electron chi connectivity index (χ2n) is 5.18. The fourth-order valence-corrected chi connectivity index (χ4v) is 2.51. The van der Waals surface area contributed by atoms with Gasteiger partial charge in [0.05, 0.1) is 12.6 Å². The van der Waals surface area contributed by atoms with E-state index in [2.05, 4.69) is 20.5 Å². The summed E-state index contributed by atoms with van der Waals surface area (Å²) in [5.74, 6) is 0.725. The van der Waals surface area contributed by atoms with Crippen LogP contribution in [0.4, 0.5) is 11.4 Å². The van der Waals surface area contributed by atoms with Crippen molar-refractivity contribution in [2.75, 3.05) is 12.4 Å². The summed E-state index contributed by atoms with van der Waals surface area (Å²) >= 11 is 5.17. The molecule has 1 heterocycles. The van der Waals surface area contributed by atoms with Gasteiger partial charge in [-0.1, -0.05) is 18.2 Å². The number of nitrogens with one attached hydrogen (secondary N) is 2. The van der Waals surface area contributed by atoms with Crippen LogP contribution in [0.3, 0.4) is 0 Å². The molecule has 0 amide bonds. The molecule has 0 aliphatic rings. The molecule has 122 valence electrons. The molecular formula is C17H16N4O2S. The molecule has 0 saturated carbocycles. The number of aromatic hydroxyl groups is 1. The maximum atomic E-state index is 10.0. The smallest absolute Gasteiger partial charge is 0.218 e. The maximum Gasteiger partial charge on any atom is 0.218 e. The molecule has 0 fully saturated rings. The Hall–Kier alpha value is -2.93. The maximum absolute atomic E-state index is 10.0. The highest BCUT2D eigenvalue weighted by Gasteiger charge is 2.11. The lowest BCUT2D eigenvalue weighted by atomic mass is 10.1. The summed E-state index contributed by atoms with van der Waals surface area (Å²) in [6.45, 7) is 1.95. The zero-order valence-electron chi connectivity index (χ0n) is 13.2. The molecule has 7 heteroatoms. The van der Waals surface area contributed by atoms with E-state index >= 15 is 0 Å². The Morgan fingerprint density at radius 3 is 2.67 bits per heavy atom. The zero-order valence-corrected chi connectivity index (χ0v) is 14.0. The van der Waals surface area contributed by atoms with E-state index in [4.69, 9.17) is 17.0 Å². The SMILES string of the molecule is COc1ccc(NC(=S)N=Nc2c(O)[nH]c3c(C)cccc23)cc1. The van der Waals surface area contributed by atoms with Gasteiger partial charge in [-0.2, -0.15) is 0 Å². The minimum atomic E-state index is -0.0321. The minimum Gasteiger partial charge on any atom is -0.497 e. The number of aromatic amines is 1. The van der Waals surface area contributed by atoms with Gasteiger partial charge in [0.2, 0.25) is 11.0 Å². The Balaban J connectivity index is 1.79. The van der Waals surface area contributed by atoms with Gasteiger partial charge in [-0.3, -0.25) is 0 Å². The largest absolute Gasteiger partial charge is 0.497 e. The number of aromatic nitrogens is 1. The van der Waals surface area contributed by atoms with Crippen molar-refractivity contribution in [3.63, 3.8) is 0 Å². The van der Waals surface area contributed by atoms with E-state index in [9.17, 15) is 5.11 Å². The summed E-state index contributed by atoms with van der Waals surface area (Å²) in [7, 11) is 1.61. The van der Waals surface area contributed by atoms with Crippen molar-refractivity contribution in [2.45, 2.75) is 6.92 Å². The van der Waals surface area contributed by atoms with E-state index < -0.39 is 0 Å². The molecule has 0 aliphatic heterocycles. The third kappa shape index (κ3) is 3.21. The summed E-state index contributed by atoms with van der Waals surface area (Å²) in [5.41, 5.74) is 2.99. The monoisotopic (exact) mass is 340 g/mol. The van der Waals surface area contributed by atoms with Crippen LogP contribution < -0.4 is 10.1 Å². The summed E-state index contributed by atoms with van der Waals surface area (Å²) in [5, 5.41) is 22.0. The predicted molar refractivity (Wildman–Crippen MR) is 98.4 cm³/mol. The predicted octanol–water partition coefficient (Wildman–Crippen LogP) is 4.67. The molecule has 0 radical (unpaired) electrons. The normalized spacial score (nSPS) is 11.1. The van der Waals surface area contributed by atoms with Crippen molar-refractivity contribution in [2.24, 2.45) is 10.2 Å². The zero-order chi connectivity index (χ0) is 17.1. The molecule has 0 unspecified atom stereocenters. The van der Waals surface area contributed by atoms with E-state index in [1.165, 1.54) is 0 Å². The van der Waals surface area contributed by atoms with Gasteiger partial charge in [-0.05, 0) is 49.0 Å². The average molecular weight is 340 g/mol. The standard InChI is InChI=1S/C17H16N4O2S/c1-10-4-3-5-13-14(10)19-16(22)15(13)20-21-17(24)18-11-6-8-12(23-2)9-7-11/h3-9,19,22H,1-2H3,(H,18,24). The van der Waals surface area contributed by atoms with Crippen molar-refractivity contribution in [3.8, 4) is 11.6 Å². The number of ether oxygens (including phenoxy) is 1. The number of aryl methyl sites for hydroxylation is 1. The molecule has 24 heavy (non-hydrogen) atoms. The molecule has 2 aromatic carbocycles. The van der Waals surface area contributed by atoms with E-state index in [0.29, 0.717) is 5.69 Å². The summed E-state index contributed by atoms with van der Waals surface area (Å²) in [6.07, 6.45) is 0. The average Bonchev–Trinajstić information content (AvgIpc) is 2.91. The van der Waals surface area contributed by atoms with Gasteiger partial charge in [0.1, 0.15) is 5.75 Å². The van der Waals surface area contributed by atoms with Crippen molar-refractivity contribution >= 4 is 39.6 Å². The van der Waals surface area contributed by atoms with Crippen LogP contribution in [0.25, 0.3) is 10.9 Å². The van der Waals surface area contributed by atoms with Crippen LogP contribution in [0.1, 0.15) is 5.56 Å². The first-order valence-corrected chi connectivity index (χ1v) is 7.66. The highest BCUT2D eigenvalue weighted by Crippen LogP contribution is 2.36. The number of H-pyrrole nitrogens is 1. The second-order valence-corrected chi connectivity index (χ2v) is 5.57. The number of fused-ring (bicyclic) bond motifs is 1. The van der Waals surface area contributed by atoms with Gasteiger partial charge in [-0.15, -0.1) is 10.2 Å². The molecule has 0 spiro atoms. The van der Waals surface area contributed by atoms with Crippen LogP contribution in [0, 0.1) is 6.92 Å². The molecule has 3 aromatic rings. The minimum absolute atomic E-state index is 0.0321. The Bertz CT molecular complexity index is 916. The van der Waals surface area contributed by atoms with Gasteiger partial charge in [0.15, 0.2) is 5.69 Å². The summed E-state index contributed by atoms with van der Waals surface area (Å²) in [4.78, 5) is 2.91. The lowest BCUT2D eigenvalue weighted by molar-refractivity contribution is 0.415. The highest BCUT2D eigenvalue weighted by molar-refractivity contribution is 7.80. The molecule has 0 saturated heterocycles. The fourth-order valence-electron chi connectivity index (χ4n) is 2.36. The highest BCUT2D eigenvalue weighted by atomic mass is 32.1. The van der Waals surface area contributed by atoms with Crippen molar-refractivity contribution in [3.05, 3.63) is 48.0 Å². The number of azo groups is 1. The Labute approximate surface area is 144 Å². The quantitative estimate of drug-likeness (QED) is 0.478. The number of para-hydroxylation sites is 1. The van der Waals surface area contributed by atoms with Crippen molar-refractivity contribution in [1.29, 1.82) is 0 Å². The Morgan fingerprint density at radius 2 is 1.96 bits per heavy atom. The number of benzene rings is 2. The van der Waals surface area contributed by atoms with Gasteiger partial charge < -0.3 is 20.1 Å². The van der Waals surface area contributed by atoms with E-state index in [1.54, 1.807) is 7.11 Å². The number of anilines is 1. The lowest BCUT2D eigenvalue weighted by Crippen LogP contribution is -2.04. The van der Waals surface area contributed by atoms with Gasteiger partial charge in [-0.25, -0.2) is 0 Å². The van der Waals surface area contributed by atoms with Gasteiger partial charge >= 0.3 is 0 Å². The van der Waals surface area contributed by atoms with Crippen LogP contribution in [0.2, 0.25) is 0 Å². The Morgan fingerprint density at radius 1 is 1.21 bits per heavy atom. The van der Waals surface area contributed by atoms with Crippen LogP contribution >= 0.6 is 12.2 Å². The van der Waals surface area contributed by atoms with Crippen LogP contribution in [0.15, 0.2) is 52.7 Å².